The lowest BCUT2D eigenvalue weighted by Gasteiger charge is -1.86. The van der Waals surface area contributed by atoms with Gasteiger partial charge < -0.3 is 4.74 Å². The van der Waals surface area contributed by atoms with E-state index in [0.717, 1.165) is 4.61 Å². The van der Waals surface area contributed by atoms with Gasteiger partial charge in [-0.2, -0.15) is 11.4 Å². The first-order valence-electron chi connectivity index (χ1n) is 2.57. The SMILES string of the molecule is CCC[SH]=COCI. The molecule has 0 radical (unpaired) electrons. The maximum atomic E-state index is 4.98. The van der Waals surface area contributed by atoms with Crippen molar-refractivity contribution in [3.8, 4) is 0 Å². The zero-order chi connectivity index (χ0) is 6.24. The van der Waals surface area contributed by atoms with E-state index in [4.69, 9.17) is 4.74 Å². The molecular formula is C5H11IOS. The van der Waals surface area contributed by atoms with Gasteiger partial charge in [0.05, 0.1) is 5.55 Å². The van der Waals surface area contributed by atoms with Crippen LogP contribution < -0.4 is 0 Å². The highest BCUT2D eigenvalue weighted by Crippen LogP contribution is 1.89. The van der Waals surface area contributed by atoms with Crippen LogP contribution in [0.25, 0.3) is 0 Å². The van der Waals surface area contributed by atoms with Gasteiger partial charge in [0.25, 0.3) is 0 Å². The second kappa shape index (κ2) is 7.91. The largest absolute Gasteiger partial charge is 0.338 e. The Balaban J connectivity index is 2.83. The van der Waals surface area contributed by atoms with Gasteiger partial charge >= 0.3 is 0 Å². The van der Waals surface area contributed by atoms with Gasteiger partial charge in [-0.05, 0) is 12.2 Å². The minimum atomic E-state index is 0.772. The fourth-order valence-corrected chi connectivity index (χ4v) is 1.27. The highest BCUT2D eigenvalue weighted by atomic mass is 127. The molecule has 8 heavy (non-hydrogen) atoms. The van der Waals surface area contributed by atoms with Gasteiger partial charge in [0.1, 0.15) is 4.61 Å². The van der Waals surface area contributed by atoms with Crippen LogP contribution in [-0.2, 0) is 4.74 Å². The van der Waals surface area contributed by atoms with Crippen LogP contribution in [0.15, 0.2) is 0 Å². The molecule has 50 valence electrons. The van der Waals surface area contributed by atoms with Crippen molar-refractivity contribution in [1.82, 2.24) is 0 Å². The maximum absolute atomic E-state index is 4.98. The predicted octanol–water partition coefficient (Wildman–Crippen LogP) is 2.03. The summed E-state index contributed by atoms with van der Waals surface area (Å²) in [6.45, 7) is 2.17. The van der Waals surface area contributed by atoms with Crippen LogP contribution in [0.5, 0.6) is 0 Å². The number of hydrogen-bond acceptors (Lipinski definition) is 1. The van der Waals surface area contributed by atoms with E-state index >= 15 is 0 Å². The summed E-state index contributed by atoms with van der Waals surface area (Å²) in [5, 5.41) is 0. The third-order valence-electron chi connectivity index (χ3n) is 0.565. The number of rotatable bonds is 4. The van der Waals surface area contributed by atoms with Crippen molar-refractivity contribution in [1.29, 1.82) is 0 Å². The van der Waals surface area contributed by atoms with E-state index in [9.17, 15) is 0 Å². The molecule has 0 rings (SSSR count). The van der Waals surface area contributed by atoms with Crippen molar-refractivity contribution < 1.29 is 4.74 Å². The van der Waals surface area contributed by atoms with E-state index in [0.29, 0.717) is 0 Å². The Morgan fingerprint density at radius 1 is 1.75 bits per heavy atom. The van der Waals surface area contributed by atoms with E-state index in [2.05, 4.69) is 29.5 Å². The van der Waals surface area contributed by atoms with Crippen LogP contribution in [0.4, 0.5) is 0 Å². The van der Waals surface area contributed by atoms with Gasteiger partial charge in [-0.15, -0.1) is 0 Å². The molecule has 3 heteroatoms. The van der Waals surface area contributed by atoms with Gasteiger partial charge in [0.15, 0.2) is 0 Å². The normalized spacial score (nSPS) is 11.8. The summed E-state index contributed by atoms with van der Waals surface area (Å²) in [5.74, 6) is 1.22. The van der Waals surface area contributed by atoms with E-state index < -0.39 is 0 Å². The Kier molecular flexibility index (Phi) is 8.81. The first-order valence-corrected chi connectivity index (χ1v) is 5.25. The van der Waals surface area contributed by atoms with Crippen molar-refractivity contribution in [3.05, 3.63) is 0 Å². The topological polar surface area (TPSA) is 9.23 Å². The smallest absolute Gasteiger partial charge is 0.104 e. The molecule has 0 aliphatic carbocycles. The lowest BCUT2D eigenvalue weighted by atomic mass is 10.6. The summed E-state index contributed by atoms with van der Waals surface area (Å²) < 4.78 is 5.76. The quantitative estimate of drug-likeness (QED) is 0.345. The number of thiol groups is 1. The van der Waals surface area contributed by atoms with Crippen LogP contribution in [0.3, 0.4) is 0 Å². The van der Waals surface area contributed by atoms with E-state index in [1.165, 1.54) is 23.5 Å². The summed E-state index contributed by atoms with van der Waals surface area (Å²) in [6, 6.07) is 0. The fourth-order valence-electron chi connectivity index (χ4n) is 0.263. The highest BCUT2D eigenvalue weighted by molar-refractivity contribution is 14.1. The maximum Gasteiger partial charge on any atom is 0.104 e. The van der Waals surface area contributed by atoms with Crippen molar-refractivity contribution in [2.45, 2.75) is 13.3 Å². The van der Waals surface area contributed by atoms with Crippen molar-refractivity contribution in [2.24, 2.45) is 0 Å². The molecule has 0 bridgehead atoms. The standard InChI is InChI=1S/C5H11IOS/c1-2-3-8-5-7-4-6/h5,8H,2-4H2,1H3. The van der Waals surface area contributed by atoms with Crippen LogP contribution in [0.1, 0.15) is 13.3 Å². The Labute approximate surface area is 67.9 Å². The van der Waals surface area contributed by atoms with Crippen LogP contribution in [0, 0.1) is 0 Å². The predicted molar refractivity (Wildman–Crippen MR) is 50.2 cm³/mol. The first kappa shape index (κ1) is 8.91. The van der Waals surface area contributed by atoms with Crippen molar-refractivity contribution in [2.75, 3.05) is 10.4 Å². The zero-order valence-corrected chi connectivity index (χ0v) is 7.98. The van der Waals surface area contributed by atoms with Gasteiger partial charge in [0, 0.05) is 0 Å². The van der Waals surface area contributed by atoms with Gasteiger partial charge in [0.2, 0.25) is 0 Å². The Morgan fingerprint density at radius 3 is 3.00 bits per heavy atom. The molecule has 0 heterocycles. The van der Waals surface area contributed by atoms with Gasteiger partial charge in [-0.25, -0.2) is 0 Å². The molecule has 0 aliphatic rings. The van der Waals surface area contributed by atoms with E-state index in [1.807, 2.05) is 5.55 Å². The van der Waals surface area contributed by atoms with E-state index in [1.54, 1.807) is 0 Å². The van der Waals surface area contributed by atoms with Crippen molar-refractivity contribution >= 4 is 39.5 Å². The summed E-state index contributed by atoms with van der Waals surface area (Å²) in [6.07, 6.45) is 1.24. The Hall–Kier alpha value is 0.910. The molecule has 0 aromatic carbocycles. The number of hydrogen-bond donors (Lipinski definition) is 1. The monoisotopic (exact) mass is 246 g/mol. The molecule has 0 fully saturated rings. The van der Waals surface area contributed by atoms with Crippen LogP contribution >= 0.6 is 33.9 Å². The molecule has 0 unspecified atom stereocenters. The number of ether oxygens (including phenoxy) is 1. The minimum absolute atomic E-state index is 0.772. The Bertz CT molecular complexity index is 57.4. The molecule has 0 N–H and O–H groups in total. The molecular weight excluding hydrogens is 235 g/mol. The summed E-state index contributed by atoms with van der Waals surface area (Å²) >= 11 is 3.49. The lowest BCUT2D eigenvalue weighted by Crippen LogP contribution is -1.79. The third kappa shape index (κ3) is 6.91. The second-order valence-electron chi connectivity index (χ2n) is 1.29. The number of alkyl halides is 1. The third-order valence-corrected chi connectivity index (χ3v) is 1.93. The highest BCUT2D eigenvalue weighted by Gasteiger charge is 1.70. The average Bonchev–Trinajstić information content (AvgIpc) is 1.81. The van der Waals surface area contributed by atoms with E-state index in [-0.39, 0.29) is 0 Å². The number of halogens is 1. The fraction of sp³-hybridized carbons (Fsp3) is 0.800. The van der Waals surface area contributed by atoms with Crippen LogP contribution in [0.2, 0.25) is 0 Å². The Morgan fingerprint density at radius 2 is 2.50 bits per heavy atom. The molecule has 0 spiro atoms. The molecule has 0 amide bonds. The summed E-state index contributed by atoms with van der Waals surface area (Å²) in [4.78, 5) is 0. The molecule has 0 atom stereocenters. The average molecular weight is 246 g/mol. The molecule has 0 aliphatic heterocycles. The molecule has 0 aromatic rings. The zero-order valence-electron chi connectivity index (χ0n) is 4.93. The molecule has 0 saturated carbocycles. The molecule has 0 saturated heterocycles. The first-order chi connectivity index (χ1) is 3.91. The van der Waals surface area contributed by atoms with Crippen molar-refractivity contribution in [3.63, 3.8) is 0 Å². The summed E-state index contributed by atoms with van der Waals surface area (Å²) in [7, 11) is 0. The minimum Gasteiger partial charge on any atom is -0.338 e. The second-order valence-corrected chi connectivity index (χ2v) is 2.93. The van der Waals surface area contributed by atoms with Gasteiger partial charge in [-0.3, -0.25) is 0 Å². The summed E-state index contributed by atoms with van der Waals surface area (Å²) in [5.41, 5.74) is 1.86. The van der Waals surface area contributed by atoms with Gasteiger partial charge in [-0.1, -0.05) is 29.5 Å². The molecule has 0 aromatic heterocycles. The van der Waals surface area contributed by atoms with Crippen LogP contribution in [-0.4, -0.2) is 15.9 Å². The lowest BCUT2D eigenvalue weighted by molar-refractivity contribution is 0.421. The molecule has 1 nitrogen and oxygen atoms in total.